The molecule has 7 heteroatoms. The van der Waals surface area contributed by atoms with Gasteiger partial charge in [-0.1, -0.05) is 42.0 Å². The van der Waals surface area contributed by atoms with E-state index in [2.05, 4.69) is 4.72 Å². The number of carbonyl (C=O) groups excluding carboxylic acids is 2. The predicted molar refractivity (Wildman–Crippen MR) is 95.0 cm³/mol. The third kappa shape index (κ3) is 2.93. The summed E-state index contributed by atoms with van der Waals surface area (Å²) in [6, 6.07) is 13.0. The lowest BCUT2D eigenvalue weighted by Gasteiger charge is -2.35. The number of hydrogen-bond acceptors (Lipinski definition) is 5. The Labute approximate surface area is 152 Å². The van der Waals surface area contributed by atoms with Gasteiger partial charge in [0.1, 0.15) is 0 Å². The van der Waals surface area contributed by atoms with Crippen molar-refractivity contribution in [2.45, 2.75) is 30.2 Å². The molecule has 26 heavy (non-hydrogen) atoms. The predicted octanol–water partition coefficient (Wildman–Crippen LogP) is 1.86. The van der Waals surface area contributed by atoms with E-state index >= 15 is 0 Å². The highest BCUT2D eigenvalue weighted by Gasteiger charge is 2.53. The van der Waals surface area contributed by atoms with E-state index in [0.717, 1.165) is 18.2 Å². The molecule has 0 aromatic heterocycles. The molecule has 0 radical (unpaired) electrons. The van der Waals surface area contributed by atoms with Crippen molar-refractivity contribution >= 4 is 21.8 Å². The number of methoxy groups -OCH3 is 1. The number of sulfonamides is 1. The second kappa shape index (κ2) is 6.66. The fourth-order valence-electron chi connectivity index (χ4n) is 3.20. The smallest absolute Gasteiger partial charge is 0.339 e. The van der Waals surface area contributed by atoms with Gasteiger partial charge in [-0.2, -0.15) is 4.72 Å². The largest absolute Gasteiger partial charge is 0.467 e. The Balaban J connectivity index is 2.17. The quantitative estimate of drug-likeness (QED) is 0.653. The molecular weight excluding hydrogens is 354 g/mol. The Morgan fingerprint density at radius 2 is 1.73 bits per heavy atom. The highest BCUT2D eigenvalue weighted by molar-refractivity contribution is 7.89. The average Bonchev–Trinajstić information content (AvgIpc) is 2.63. The van der Waals surface area contributed by atoms with Crippen molar-refractivity contribution in [1.82, 2.24) is 4.72 Å². The average molecular weight is 373 g/mol. The van der Waals surface area contributed by atoms with Crippen LogP contribution in [0.25, 0.3) is 0 Å². The fraction of sp³-hybridized carbons (Fsp3) is 0.263. The molecule has 1 atom stereocenters. The number of Topliss-reactive ketones (excluding diaryl/α,β-unsaturated/α-hetero) is 1. The maximum Gasteiger partial charge on any atom is 0.339 e. The van der Waals surface area contributed by atoms with E-state index in [9.17, 15) is 18.0 Å². The van der Waals surface area contributed by atoms with Crippen LogP contribution >= 0.6 is 0 Å². The van der Waals surface area contributed by atoms with Gasteiger partial charge < -0.3 is 4.74 Å². The summed E-state index contributed by atoms with van der Waals surface area (Å²) in [5, 5.41) is 0. The number of fused-ring (bicyclic) bond motifs is 1. The molecule has 1 aliphatic rings. The molecule has 136 valence electrons. The first-order valence-corrected chi connectivity index (χ1v) is 9.60. The Morgan fingerprint density at radius 1 is 1.08 bits per heavy atom. The minimum absolute atomic E-state index is 0.0257. The topological polar surface area (TPSA) is 89.5 Å². The van der Waals surface area contributed by atoms with Gasteiger partial charge in [0.15, 0.2) is 5.78 Å². The van der Waals surface area contributed by atoms with E-state index in [1.807, 2.05) is 6.92 Å². The molecule has 0 aliphatic heterocycles. The number of ether oxygens (including phenoxy) is 1. The summed E-state index contributed by atoms with van der Waals surface area (Å²) in [4.78, 5) is 25.4. The summed E-state index contributed by atoms with van der Waals surface area (Å²) in [5.74, 6) is -1.47. The summed E-state index contributed by atoms with van der Waals surface area (Å²) >= 11 is 0. The molecule has 2 aromatic carbocycles. The van der Waals surface area contributed by atoms with Crippen LogP contribution in [-0.2, 0) is 36.3 Å². The van der Waals surface area contributed by atoms with Crippen LogP contribution in [0.3, 0.4) is 0 Å². The maximum absolute atomic E-state index is 12.9. The standard InChI is InChI=1S/C19H19NO5S/c1-13-7-10-15(11-8-13)26(23,24)20-19(18(22)25-2)16-6-4-3-5-14(16)9-12-17(19)21/h3-8,10-11,20H,9,12H2,1-2H3. The van der Waals surface area contributed by atoms with E-state index < -0.39 is 27.3 Å². The van der Waals surface area contributed by atoms with E-state index in [4.69, 9.17) is 4.74 Å². The molecular formula is C19H19NO5S. The van der Waals surface area contributed by atoms with Crippen LogP contribution < -0.4 is 4.72 Å². The number of nitrogens with one attached hydrogen (secondary N) is 1. The van der Waals surface area contributed by atoms with Gasteiger partial charge in [0.05, 0.1) is 12.0 Å². The number of benzene rings is 2. The third-order valence-corrected chi connectivity index (χ3v) is 6.04. The molecule has 2 aromatic rings. The molecule has 0 heterocycles. The van der Waals surface area contributed by atoms with Crippen LogP contribution in [0.5, 0.6) is 0 Å². The Bertz CT molecular complexity index is 966. The van der Waals surface area contributed by atoms with Crippen molar-refractivity contribution < 1.29 is 22.7 Å². The highest BCUT2D eigenvalue weighted by Crippen LogP contribution is 2.35. The van der Waals surface area contributed by atoms with Crippen LogP contribution in [-0.4, -0.2) is 27.3 Å². The summed E-state index contributed by atoms with van der Waals surface area (Å²) in [7, 11) is -3.00. The minimum atomic E-state index is -4.14. The van der Waals surface area contributed by atoms with Crippen molar-refractivity contribution in [3.05, 3.63) is 65.2 Å². The molecule has 0 spiro atoms. The number of rotatable bonds is 4. The molecule has 0 amide bonds. The molecule has 0 saturated heterocycles. The number of esters is 1. The van der Waals surface area contributed by atoms with Crippen molar-refractivity contribution in [2.24, 2.45) is 0 Å². The zero-order valence-corrected chi connectivity index (χ0v) is 15.3. The molecule has 1 unspecified atom stereocenters. The van der Waals surface area contributed by atoms with Crippen LogP contribution in [0.2, 0.25) is 0 Å². The Kier molecular flexibility index (Phi) is 4.68. The molecule has 3 rings (SSSR count). The van der Waals surface area contributed by atoms with Crippen molar-refractivity contribution in [3.8, 4) is 0 Å². The van der Waals surface area contributed by atoms with Gasteiger partial charge in [0, 0.05) is 6.42 Å². The Morgan fingerprint density at radius 3 is 2.38 bits per heavy atom. The number of aryl methyl sites for hydroxylation is 2. The van der Waals surface area contributed by atoms with Gasteiger partial charge in [0.25, 0.3) is 0 Å². The monoisotopic (exact) mass is 373 g/mol. The Hall–Kier alpha value is -2.51. The van der Waals surface area contributed by atoms with Crippen LogP contribution in [0, 0.1) is 6.92 Å². The fourth-order valence-corrected chi connectivity index (χ4v) is 4.52. The van der Waals surface area contributed by atoms with Crippen molar-refractivity contribution in [1.29, 1.82) is 0 Å². The summed E-state index contributed by atoms with van der Waals surface area (Å²) in [6.07, 6.45) is 0.489. The molecule has 1 aliphatic carbocycles. The first-order valence-electron chi connectivity index (χ1n) is 8.12. The van der Waals surface area contributed by atoms with E-state index in [-0.39, 0.29) is 11.3 Å². The van der Waals surface area contributed by atoms with E-state index in [1.54, 1.807) is 36.4 Å². The second-order valence-electron chi connectivity index (χ2n) is 6.24. The maximum atomic E-state index is 12.9. The van der Waals surface area contributed by atoms with Gasteiger partial charge >= 0.3 is 5.97 Å². The zero-order valence-electron chi connectivity index (χ0n) is 14.5. The lowest BCUT2D eigenvalue weighted by atomic mass is 9.76. The van der Waals surface area contributed by atoms with Gasteiger partial charge in [-0.25, -0.2) is 13.2 Å². The first-order chi connectivity index (χ1) is 12.3. The number of ketones is 1. The third-order valence-electron chi connectivity index (χ3n) is 4.57. The van der Waals surface area contributed by atoms with Crippen molar-refractivity contribution in [3.63, 3.8) is 0 Å². The van der Waals surface area contributed by atoms with Gasteiger partial charge in [0.2, 0.25) is 15.6 Å². The van der Waals surface area contributed by atoms with Crippen LogP contribution in [0.4, 0.5) is 0 Å². The zero-order chi connectivity index (χ0) is 18.9. The number of carbonyl (C=O) groups is 2. The van der Waals surface area contributed by atoms with E-state index in [1.165, 1.54) is 12.1 Å². The lowest BCUT2D eigenvalue weighted by Crippen LogP contribution is -2.59. The van der Waals surface area contributed by atoms with Crippen LogP contribution in [0.1, 0.15) is 23.1 Å². The normalized spacial score (nSPS) is 19.7. The van der Waals surface area contributed by atoms with Gasteiger partial charge in [-0.15, -0.1) is 0 Å². The van der Waals surface area contributed by atoms with Crippen molar-refractivity contribution in [2.75, 3.05) is 7.11 Å². The SMILES string of the molecule is COC(=O)C1(NS(=O)(=O)c2ccc(C)cc2)C(=O)CCc2ccccc21. The lowest BCUT2D eigenvalue weighted by molar-refractivity contribution is -0.153. The molecule has 0 bridgehead atoms. The number of hydrogen-bond donors (Lipinski definition) is 1. The molecule has 6 nitrogen and oxygen atoms in total. The summed E-state index contributed by atoms with van der Waals surface area (Å²) in [6.45, 7) is 1.83. The van der Waals surface area contributed by atoms with Gasteiger partial charge in [-0.3, -0.25) is 4.79 Å². The van der Waals surface area contributed by atoms with E-state index in [0.29, 0.717) is 12.0 Å². The molecule has 1 N–H and O–H groups in total. The second-order valence-corrected chi connectivity index (χ2v) is 7.92. The summed E-state index contributed by atoms with van der Waals surface area (Å²) in [5.41, 5.74) is -0.124. The first kappa shape index (κ1) is 18.3. The van der Waals surface area contributed by atoms with Crippen LogP contribution in [0.15, 0.2) is 53.4 Å². The summed E-state index contributed by atoms with van der Waals surface area (Å²) < 4.78 is 33.0. The minimum Gasteiger partial charge on any atom is -0.467 e. The molecule has 0 fully saturated rings. The highest BCUT2D eigenvalue weighted by atomic mass is 32.2. The van der Waals surface area contributed by atoms with Gasteiger partial charge in [-0.05, 0) is 36.6 Å². The molecule has 0 saturated carbocycles.